The maximum Gasteiger partial charge on any atom is 0.223 e. The molecule has 98 valence electrons. The number of aromatic nitrogens is 2. The number of thiophene rings is 1. The van der Waals surface area contributed by atoms with Gasteiger partial charge in [0.2, 0.25) is 5.95 Å². The highest BCUT2D eigenvalue weighted by atomic mass is 32.1. The molecule has 3 rings (SSSR count). The SMILES string of the molecule is Cc1ccc(C#N)cc1Nc1nc(N)nc2sccc12. The van der Waals surface area contributed by atoms with Crippen molar-refractivity contribution in [3.05, 3.63) is 40.8 Å². The van der Waals surface area contributed by atoms with Gasteiger partial charge in [-0.1, -0.05) is 6.07 Å². The van der Waals surface area contributed by atoms with E-state index in [1.54, 1.807) is 12.1 Å². The van der Waals surface area contributed by atoms with Gasteiger partial charge in [0.05, 0.1) is 17.0 Å². The molecule has 0 spiro atoms. The van der Waals surface area contributed by atoms with E-state index in [1.165, 1.54) is 11.3 Å². The number of nitrogens with one attached hydrogen (secondary N) is 1. The number of nitrogens with two attached hydrogens (primary N) is 1. The van der Waals surface area contributed by atoms with Gasteiger partial charge in [0.15, 0.2) is 0 Å². The van der Waals surface area contributed by atoms with Crippen molar-refractivity contribution < 1.29 is 0 Å². The van der Waals surface area contributed by atoms with E-state index in [2.05, 4.69) is 21.4 Å². The molecule has 0 bridgehead atoms. The lowest BCUT2D eigenvalue weighted by atomic mass is 10.1. The Balaban J connectivity index is 2.09. The van der Waals surface area contributed by atoms with Crippen LogP contribution in [0.25, 0.3) is 10.2 Å². The standard InChI is InChI=1S/C14H11N5S/c1-8-2-3-9(7-15)6-11(8)17-12-10-4-5-20-13(10)19-14(16)18-12/h2-6H,1H3,(H3,16,17,18,19). The van der Waals surface area contributed by atoms with Crippen molar-refractivity contribution in [3.8, 4) is 6.07 Å². The van der Waals surface area contributed by atoms with Crippen LogP contribution >= 0.6 is 11.3 Å². The third-order valence-corrected chi connectivity index (χ3v) is 3.77. The molecule has 3 aromatic rings. The molecule has 0 atom stereocenters. The molecule has 0 unspecified atom stereocenters. The predicted octanol–water partition coefficient (Wildman–Crippen LogP) is 3.20. The van der Waals surface area contributed by atoms with Crippen molar-refractivity contribution >= 4 is 39.0 Å². The molecule has 0 aliphatic rings. The molecule has 2 heterocycles. The second-order valence-corrected chi connectivity index (χ2v) is 5.23. The number of benzene rings is 1. The van der Waals surface area contributed by atoms with Crippen LogP contribution in [-0.4, -0.2) is 9.97 Å². The van der Waals surface area contributed by atoms with Gasteiger partial charge in [-0.05, 0) is 36.1 Å². The molecule has 20 heavy (non-hydrogen) atoms. The Morgan fingerprint density at radius 1 is 1.30 bits per heavy atom. The fourth-order valence-electron chi connectivity index (χ4n) is 1.92. The van der Waals surface area contributed by atoms with E-state index in [1.807, 2.05) is 24.4 Å². The third-order valence-electron chi connectivity index (χ3n) is 2.96. The number of hydrogen-bond donors (Lipinski definition) is 2. The average molecular weight is 281 g/mol. The van der Waals surface area contributed by atoms with Gasteiger partial charge in [-0.25, -0.2) is 4.98 Å². The Kier molecular flexibility index (Phi) is 2.97. The van der Waals surface area contributed by atoms with Crippen molar-refractivity contribution in [2.45, 2.75) is 6.92 Å². The molecule has 0 aliphatic heterocycles. The Hall–Kier alpha value is -2.65. The molecule has 6 heteroatoms. The smallest absolute Gasteiger partial charge is 0.223 e. The van der Waals surface area contributed by atoms with Gasteiger partial charge in [0.1, 0.15) is 10.6 Å². The molecule has 0 saturated carbocycles. The summed E-state index contributed by atoms with van der Waals surface area (Å²) in [4.78, 5) is 9.27. The average Bonchev–Trinajstić information content (AvgIpc) is 2.89. The minimum atomic E-state index is 0.233. The maximum absolute atomic E-state index is 8.98. The van der Waals surface area contributed by atoms with Crippen molar-refractivity contribution in [2.75, 3.05) is 11.1 Å². The van der Waals surface area contributed by atoms with Gasteiger partial charge in [-0.2, -0.15) is 10.2 Å². The van der Waals surface area contributed by atoms with Crippen LogP contribution in [0.4, 0.5) is 17.5 Å². The quantitative estimate of drug-likeness (QED) is 0.753. The normalized spacial score (nSPS) is 10.4. The summed E-state index contributed by atoms with van der Waals surface area (Å²) in [5.74, 6) is 0.892. The minimum Gasteiger partial charge on any atom is -0.368 e. The van der Waals surface area contributed by atoms with Crippen LogP contribution < -0.4 is 11.1 Å². The summed E-state index contributed by atoms with van der Waals surface area (Å²) in [6.45, 7) is 1.97. The van der Waals surface area contributed by atoms with Crippen LogP contribution in [0.15, 0.2) is 29.6 Å². The lowest BCUT2D eigenvalue weighted by Crippen LogP contribution is -2.01. The van der Waals surface area contributed by atoms with E-state index in [9.17, 15) is 0 Å². The van der Waals surface area contributed by atoms with Gasteiger partial charge in [-0.15, -0.1) is 11.3 Å². The molecule has 0 fully saturated rings. The van der Waals surface area contributed by atoms with E-state index >= 15 is 0 Å². The Bertz CT molecular complexity index is 831. The second-order valence-electron chi connectivity index (χ2n) is 4.34. The Morgan fingerprint density at radius 2 is 2.15 bits per heavy atom. The monoisotopic (exact) mass is 281 g/mol. The molecule has 2 aromatic heterocycles. The number of nitrogens with zero attached hydrogens (tertiary/aromatic N) is 3. The first-order valence-electron chi connectivity index (χ1n) is 5.96. The third kappa shape index (κ3) is 2.15. The van der Waals surface area contributed by atoms with Crippen LogP contribution in [0.3, 0.4) is 0 Å². The molecule has 1 aromatic carbocycles. The highest BCUT2D eigenvalue weighted by Crippen LogP contribution is 2.29. The zero-order valence-corrected chi connectivity index (χ0v) is 11.5. The summed E-state index contributed by atoms with van der Waals surface area (Å²) in [5, 5.41) is 15.1. The number of rotatable bonds is 2. The molecular weight excluding hydrogens is 270 g/mol. The maximum atomic E-state index is 8.98. The fourth-order valence-corrected chi connectivity index (χ4v) is 2.69. The largest absolute Gasteiger partial charge is 0.368 e. The highest BCUT2D eigenvalue weighted by molar-refractivity contribution is 7.16. The van der Waals surface area contributed by atoms with E-state index in [0.29, 0.717) is 11.4 Å². The van der Waals surface area contributed by atoms with Crippen molar-refractivity contribution in [1.29, 1.82) is 5.26 Å². The first kappa shape index (κ1) is 12.4. The zero-order valence-electron chi connectivity index (χ0n) is 10.7. The molecule has 3 N–H and O–H groups in total. The first-order valence-corrected chi connectivity index (χ1v) is 6.84. The number of nitrogen functional groups attached to an aromatic ring is 1. The molecular formula is C14H11N5S. The molecule has 0 amide bonds. The molecule has 5 nitrogen and oxygen atoms in total. The summed E-state index contributed by atoms with van der Waals surface area (Å²) < 4.78 is 0. The lowest BCUT2D eigenvalue weighted by molar-refractivity contribution is 1.24. The molecule has 0 radical (unpaired) electrons. The number of nitriles is 1. The van der Waals surface area contributed by atoms with E-state index in [4.69, 9.17) is 11.0 Å². The van der Waals surface area contributed by atoms with Crippen LogP contribution in [0, 0.1) is 18.3 Å². The molecule has 0 aliphatic carbocycles. The predicted molar refractivity (Wildman–Crippen MR) is 81.0 cm³/mol. The number of anilines is 3. The van der Waals surface area contributed by atoms with Gasteiger partial charge >= 0.3 is 0 Å². The molecule has 0 saturated heterocycles. The topological polar surface area (TPSA) is 87.6 Å². The van der Waals surface area contributed by atoms with E-state index in [-0.39, 0.29) is 5.95 Å². The van der Waals surface area contributed by atoms with Gasteiger partial charge < -0.3 is 11.1 Å². The zero-order chi connectivity index (χ0) is 14.1. The van der Waals surface area contributed by atoms with Gasteiger partial charge in [-0.3, -0.25) is 0 Å². The van der Waals surface area contributed by atoms with Crippen LogP contribution in [0.2, 0.25) is 0 Å². The first-order chi connectivity index (χ1) is 9.67. The second kappa shape index (κ2) is 4.79. The van der Waals surface area contributed by atoms with Gasteiger partial charge in [0.25, 0.3) is 0 Å². The van der Waals surface area contributed by atoms with Crippen LogP contribution in [-0.2, 0) is 0 Å². The number of hydrogen-bond acceptors (Lipinski definition) is 6. The Morgan fingerprint density at radius 3 is 2.95 bits per heavy atom. The summed E-state index contributed by atoms with van der Waals surface area (Å²) in [6, 6.07) is 9.56. The summed E-state index contributed by atoms with van der Waals surface area (Å²) >= 11 is 1.51. The van der Waals surface area contributed by atoms with Crippen LogP contribution in [0.1, 0.15) is 11.1 Å². The minimum absolute atomic E-state index is 0.233. The van der Waals surface area contributed by atoms with Gasteiger partial charge in [0, 0.05) is 5.69 Å². The highest BCUT2D eigenvalue weighted by Gasteiger charge is 2.09. The summed E-state index contributed by atoms with van der Waals surface area (Å²) in [6.07, 6.45) is 0. The Labute approximate surface area is 119 Å². The summed E-state index contributed by atoms with van der Waals surface area (Å²) in [7, 11) is 0. The number of fused-ring (bicyclic) bond motifs is 1. The van der Waals surface area contributed by atoms with Crippen molar-refractivity contribution in [2.24, 2.45) is 0 Å². The van der Waals surface area contributed by atoms with Crippen LogP contribution in [0.5, 0.6) is 0 Å². The van der Waals surface area contributed by atoms with Crippen molar-refractivity contribution in [1.82, 2.24) is 9.97 Å². The van der Waals surface area contributed by atoms with E-state index < -0.39 is 0 Å². The summed E-state index contributed by atoms with van der Waals surface area (Å²) in [5.41, 5.74) is 8.20. The number of aryl methyl sites for hydroxylation is 1. The van der Waals surface area contributed by atoms with Crippen molar-refractivity contribution in [3.63, 3.8) is 0 Å². The lowest BCUT2D eigenvalue weighted by Gasteiger charge is -2.10. The fraction of sp³-hybridized carbons (Fsp3) is 0.0714. The van der Waals surface area contributed by atoms with E-state index in [0.717, 1.165) is 21.5 Å².